The second-order valence-corrected chi connectivity index (χ2v) is 7.17. The number of H-pyrrole nitrogens is 1. The lowest BCUT2D eigenvalue weighted by Gasteiger charge is -2.26. The molecule has 1 aromatic carbocycles. The predicted octanol–water partition coefficient (Wildman–Crippen LogP) is 3.65. The molecule has 6 heteroatoms. The largest absolute Gasteiger partial charge is 0.460 e. The van der Waals surface area contributed by atoms with Crippen LogP contribution in [0.25, 0.3) is 22.7 Å². The summed E-state index contributed by atoms with van der Waals surface area (Å²) in [7, 11) is 0. The van der Waals surface area contributed by atoms with Crippen LogP contribution in [0, 0.1) is 0 Å². The van der Waals surface area contributed by atoms with E-state index in [0.29, 0.717) is 18.9 Å². The molecule has 144 valence electrons. The van der Waals surface area contributed by atoms with E-state index in [-0.39, 0.29) is 5.56 Å². The van der Waals surface area contributed by atoms with Crippen molar-refractivity contribution in [1.82, 2.24) is 19.9 Å². The third kappa shape index (κ3) is 3.62. The number of aromatic nitrogens is 3. The molecule has 0 unspecified atom stereocenters. The number of furan rings is 1. The summed E-state index contributed by atoms with van der Waals surface area (Å²) in [5.74, 6) is 2.33. The van der Waals surface area contributed by atoms with Crippen molar-refractivity contribution in [3.05, 3.63) is 94.4 Å². The highest BCUT2D eigenvalue weighted by atomic mass is 16.3. The summed E-state index contributed by atoms with van der Waals surface area (Å²) >= 11 is 0. The van der Waals surface area contributed by atoms with Gasteiger partial charge < -0.3 is 9.40 Å². The lowest BCUT2D eigenvalue weighted by Crippen LogP contribution is -2.35. The minimum Gasteiger partial charge on any atom is -0.460 e. The zero-order chi connectivity index (χ0) is 19.6. The Labute approximate surface area is 167 Å². The van der Waals surface area contributed by atoms with E-state index in [2.05, 4.69) is 19.9 Å². The fourth-order valence-corrected chi connectivity index (χ4v) is 3.70. The molecule has 4 aromatic rings. The lowest BCUT2D eigenvalue weighted by molar-refractivity contribution is 0.223. The van der Waals surface area contributed by atoms with E-state index in [1.54, 1.807) is 12.4 Å². The molecule has 0 spiro atoms. The van der Waals surface area contributed by atoms with Gasteiger partial charge in [-0.25, -0.2) is 4.98 Å². The Balaban J connectivity index is 1.34. The molecule has 5 rings (SSSR count). The molecule has 1 N–H and O–H groups in total. The first-order chi connectivity index (χ1) is 14.3. The molecule has 1 aliphatic heterocycles. The van der Waals surface area contributed by atoms with Crippen LogP contribution in [0.4, 0.5) is 0 Å². The molecule has 6 nitrogen and oxygen atoms in total. The average Bonchev–Trinajstić information content (AvgIpc) is 3.24. The van der Waals surface area contributed by atoms with Crippen molar-refractivity contribution in [2.75, 3.05) is 6.54 Å². The average molecular weight is 384 g/mol. The van der Waals surface area contributed by atoms with Crippen LogP contribution in [0.2, 0.25) is 0 Å². The third-order valence-electron chi connectivity index (χ3n) is 5.18. The molecule has 0 saturated carbocycles. The Morgan fingerprint density at radius 2 is 1.90 bits per heavy atom. The minimum atomic E-state index is -0.0806. The molecule has 29 heavy (non-hydrogen) atoms. The Bertz CT molecular complexity index is 1180. The first-order valence-corrected chi connectivity index (χ1v) is 9.65. The third-order valence-corrected chi connectivity index (χ3v) is 5.18. The number of nitrogens with one attached hydrogen (secondary N) is 1. The molecule has 1 aliphatic rings. The number of benzene rings is 1. The molecular formula is C23H20N4O2. The standard InChI is InChI=1S/C23H20N4O2/c28-23-19-15-27(14-18-8-9-21(29-18)16-5-2-1-3-6-16)12-10-20(19)25-22(26-23)17-7-4-11-24-13-17/h1-9,11,13H,10,12,14-15H2,(H,25,26,28). The topological polar surface area (TPSA) is 75.0 Å². The number of hydrogen-bond donors (Lipinski definition) is 1. The van der Waals surface area contributed by atoms with Crippen molar-refractivity contribution in [3.63, 3.8) is 0 Å². The minimum absolute atomic E-state index is 0.0806. The van der Waals surface area contributed by atoms with Gasteiger partial charge in [-0.1, -0.05) is 30.3 Å². The van der Waals surface area contributed by atoms with Gasteiger partial charge in [0.1, 0.15) is 17.3 Å². The van der Waals surface area contributed by atoms with Crippen molar-refractivity contribution < 1.29 is 4.42 Å². The molecule has 0 aliphatic carbocycles. The Morgan fingerprint density at radius 3 is 2.72 bits per heavy atom. The van der Waals surface area contributed by atoms with Crippen molar-refractivity contribution in [1.29, 1.82) is 0 Å². The maximum Gasteiger partial charge on any atom is 0.255 e. The summed E-state index contributed by atoms with van der Waals surface area (Å²) in [6.07, 6.45) is 4.15. The highest BCUT2D eigenvalue weighted by molar-refractivity contribution is 5.57. The van der Waals surface area contributed by atoms with Gasteiger partial charge in [-0.3, -0.25) is 14.7 Å². The van der Waals surface area contributed by atoms with Crippen molar-refractivity contribution >= 4 is 0 Å². The fraction of sp³-hybridized carbons (Fsp3) is 0.174. The van der Waals surface area contributed by atoms with Gasteiger partial charge in [-0.15, -0.1) is 0 Å². The maximum absolute atomic E-state index is 12.7. The molecule has 0 saturated heterocycles. The van der Waals surface area contributed by atoms with Crippen LogP contribution < -0.4 is 5.56 Å². The molecule has 0 atom stereocenters. The van der Waals surface area contributed by atoms with Crippen LogP contribution in [0.1, 0.15) is 17.0 Å². The van der Waals surface area contributed by atoms with Crippen LogP contribution in [0.5, 0.6) is 0 Å². The van der Waals surface area contributed by atoms with E-state index in [4.69, 9.17) is 4.42 Å². The molecule has 0 amide bonds. The number of fused-ring (bicyclic) bond motifs is 1. The van der Waals surface area contributed by atoms with Crippen molar-refractivity contribution in [2.45, 2.75) is 19.5 Å². The van der Waals surface area contributed by atoms with Gasteiger partial charge in [0.15, 0.2) is 0 Å². The number of hydrogen-bond acceptors (Lipinski definition) is 5. The lowest BCUT2D eigenvalue weighted by atomic mass is 10.1. The predicted molar refractivity (Wildman–Crippen MR) is 110 cm³/mol. The zero-order valence-electron chi connectivity index (χ0n) is 15.8. The van der Waals surface area contributed by atoms with Crippen LogP contribution >= 0.6 is 0 Å². The van der Waals surface area contributed by atoms with E-state index >= 15 is 0 Å². The van der Waals surface area contributed by atoms with Gasteiger partial charge in [0.05, 0.1) is 17.8 Å². The monoisotopic (exact) mass is 384 g/mol. The normalized spacial score (nSPS) is 13.9. The molecule has 3 aromatic heterocycles. The fourth-order valence-electron chi connectivity index (χ4n) is 3.70. The van der Waals surface area contributed by atoms with Gasteiger partial charge in [0.2, 0.25) is 0 Å². The molecule has 0 radical (unpaired) electrons. The number of nitrogens with zero attached hydrogens (tertiary/aromatic N) is 3. The molecular weight excluding hydrogens is 364 g/mol. The first-order valence-electron chi connectivity index (χ1n) is 9.65. The van der Waals surface area contributed by atoms with Crippen LogP contribution in [-0.4, -0.2) is 26.4 Å². The highest BCUT2D eigenvalue weighted by Gasteiger charge is 2.22. The van der Waals surface area contributed by atoms with Gasteiger partial charge in [-0.05, 0) is 24.3 Å². The second-order valence-electron chi connectivity index (χ2n) is 7.17. The highest BCUT2D eigenvalue weighted by Crippen LogP contribution is 2.24. The second kappa shape index (κ2) is 7.48. The van der Waals surface area contributed by atoms with Gasteiger partial charge in [-0.2, -0.15) is 0 Å². The van der Waals surface area contributed by atoms with E-state index in [1.165, 1.54) is 0 Å². The van der Waals surface area contributed by atoms with Crippen LogP contribution in [0.15, 0.2) is 76.2 Å². The van der Waals surface area contributed by atoms with Crippen molar-refractivity contribution in [3.8, 4) is 22.7 Å². The van der Waals surface area contributed by atoms with E-state index in [0.717, 1.165) is 46.9 Å². The van der Waals surface area contributed by atoms with E-state index in [9.17, 15) is 4.79 Å². The molecule has 4 heterocycles. The smallest absolute Gasteiger partial charge is 0.255 e. The number of pyridine rings is 1. The summed E-state index contributed by atoms with van der Waals surface area (Å²) in [5.41, 5.74) is 3.40. The van der Waals surface area contributed by atoms with Gasteiger partial charge in [0, 0.05) is 43.0 Å². The molecule has 0 fully saturated rings. The summed E-state index contributed by atoms with van der Waals surface area (Å²) in [5, 5.41) is 0. The van der Waals surface area contributed by atoms with Crippen LogP contribution in [-0.2, 0) is 19.5 Å². The van der Waals surface area contributed by atoms with Crippen LogP contribution in [0.3, 0.4) is 0 Å². The van der Waals surface area contributed by atoms with Gasteiger partial charge in [0.25, 0.3) is 5.56 Å². The maximum atomic E-state index is 12.7. The summed E-state index contributed by atoms with van der Waals surface area (Å²) in [6.45, 7) is 2.06. The summed E-state index contributed by atoms with van der Waals surface area (Å²) in [6, 6.07) is 17.8. The Hall–Kier alpha value is -3.51. The number of rotatable bonds is 4. The SMILES string of the molecule is O=c1[nH]c(-c2cccnc2)nc2c1CN(Cc1ccc(-c3ccccc3)o1)CC2. The van der Waals surface area contributed by atoms with Crippen molar-refractivity contribution in [2.24, 2.45) is 0 Å². The van der Waals surface area contributed by atoms with E-state index < -0.39 is 0 Å². The summed E-state index contributed by atoms with van der Waals surface area (Å²) in [4.78, 5) is 26.6. The van der Waals surface area contributed by atoms with Gasteiger partial charge >= 0.3 is 0 Å². The number of aromatic amines is 1. The first kappa shape index (κ1) is 17.6. The Kier molecular flexibility index (Phi) is 4.54. The zero-order valence-corrected chi connectivity index (χ0v) is 15.8. The summed E-state index contributed by atoms with van der Waals surface area (Å²) < 4.78 is 6.02. The quantitative estimate of drug-likeness (QED) is 0.581. The molecule has 0 bridgehead atoms. The Morgan fingerprint density at radius 1 is 1.03 bits per heavy atom. The van der Waals surface area contributed by atoms with E-state index in [1.807, 2.05) is 54.6 Å².